The molecule has 0 bridgehead atoms. The highest BCUT2D eigenvalue weighted by Gasteiger charge is 2.27. The minimum Gasteiger partial charge on any atom is -0.383 e. The molecule has 0 spiro atoms. The third kappa shape index (κ3) is 22.9. The molecule has 21 nitrogen and oxygen atoms in total. The van der Waals surface area contributed by atoms with Crippen LogP contribution in [0.1, 0.15) is 86.9 Å². The number of hydrogen-bond donors (Lipinski definition) is 2. The van der Waals surface area contributed by atoms with E-state index >= 15 is 0 Å². The number of carbonyl (C=O) groups excluding carboxylic acids is 1. The van der Waals surface area contributed by atoms with Crippen LogP contribution in [-0.4, -0.2) is 220 Å². The molecule has 436 valence electrons. The monoisotopic (exact) mass is 1130 g/mol. The second-order valence-corrected chi connectivity index (χ2v) is 22.6. The normalized spacial score (nSPS) is 15.2. The highest BCUT2D eigenvalue weighted by molar-refractivity contribution is 7.90. The van der Waals surface area contributed by atoms with Gasteiger partial charge in [-0.2, -0.15) is 0 Å². The zero-order valence-corrected chi connectivity index (χ0v) is 48.2. The maximum absolute atomic E-state index is 12.0. The number of nitrogens with one attached hydrogen (secondary N) is 1. The van der Waals surface area contributed by atoms with Gasteiger partial charge in [0.15, 0.2) is 5.82 Å². The van der Waals surface area contributed by atoms with Crippen LogP contribution in [0.25, 0.3) is 21.3 Å². The van der Waals surface area contributed by atoms with E-state index in [1.807, 2.05) is 11.3 Å². The summed E-state index contributed by atoms with van der Waals surface area (Å²) in [5.74, 6) is 8.57. The Labute approximate surface area is 466 Å². The van der Waals surface area contributed by atoms with Gasteiger partial charge in [0.25, 0.3) is 0 Å². The van der Waals surface area contributed by atoms with E-state index in [0.717, 1.165) is 108 Å². The number of aryl methyl sites for hydroxylation is 1. The summed E-state index contributed by atoms with van der Waals surface area (Å²) in [7, 11) is -1.66. The van der Waals surface area contributed by atoms with E-state index in [4.69, 9.17) is 58.3 Å². The number of piperidine rings is 2. The lowest BCUT2D eigenvalue weighted by Gasteiger charge is -2.32. The molecule has 3 N–H and O–H groups in total. The van der Waals surface area contributed by atoms with Crippen molar-refractivity contribution in [3.05, 3.63) is 34.7 Å². The third-order valence-corrected chi connectivity index (χ3v) is 15.8. The van der Waals surface area contributed by atoms with Gasteiger partial charge in [0.1, 0.15) is 11.3 Å². The van der Waals surface area contributed by atoms with Crippen LogP contribution in [0, 0.1) is 17.8 Å². The van der Waals surface area contributed by atoms with Crippen LogP contribution in [-0.2, 0) is 70.2 Å². The summed E-state index contributed by atoms with van der Waals surface area (Å²) in [5, 5.41) is 2.58. The number of thiophene rings is 1. The molecular formula is C55H87N9O12S2. The second kappa shape index (κ2) is 36.4. The van der Waals surface area contributed by atoms with Gasteiger partial charge >= 0.3 is 0 Å². The minimum absolute atomic E-state index is 0.0749. The van der Waals surface area contributed by atoms with Crippen LogP contribution in [0.5, 0.6) is 0 Å². The van der Waals surface area contributed by atoms with Crippen molar-refractivity contribution in [3.63, 3.8) is 0 Å². The fourth-order valence-corrected chi connectivity index (χ4v) is 11.0. The Balaban J connectivity index is 0.682. The fourth-order valence-electron chi connectivity index (χ4n) is 9.24. The zero-order valence-electron chi connectivity index (χ0n) is 46.6. The summed E-state index contributed by atoms with van der Waals surface area (Å²) in [5.41, 5.74) is 10.3. The largest absolute Gasteiger partial charge is 0.383 e. The fraction of sp³-hybridized carbons (Fsp3) is 0.727. The first-order valence-electron chi connectivity index (χ1n) is 28.0. The van der Waals surface area contributed by atoms with Crippen molar-refractivity contribution in [2.75, 3.05) is 177 Å². The molecule has 0 unspecified atom stereocenters. The van der Waals surface area contributed by atoms with Gasteiger partial charge in [-0.05, 0) is 82.6 Å². The highest BCUT2D eigenvalue weighted by atomic mass is 32.2. The van der Waals surface area contributed by atoms with E-state index in [9.17, 15) is 13.2 Å². The number of nitrogens with two attached hydrogens (primary N) is 1. The van der Waals surface area contributed by atoms with Crippen molar-refractivity contribution in [3.8, 4) is 11.8 Å². The molecule has 23 heteroatoms. The Morgan fingerprint density at radius 2 is 1.28 bits per heavy atom. The van der Waals surface area contributed by atoms with Gasteiger partial charge in [-0.25, -0.2) is 28.4 Å². The van der Waals surface area contributed by atoms with Crippen LogP contribution >= 0.6 is 11.3 Å². The Kier molecular flexibility index (Phi) is 29.5. The summed E-state index contributed by atoms with van der Waals surface area (Å²) >= 11 is 1.91. The number of pyridine rings is 1. The van der Waals surface area contributed by atoms with Crippen LogP contribution < -0.4 is 11.1 Å². The third-order valence-electron chi connectivity index (χ3n) is 13.6. The first kappa shape index (κ1) is 63.2. The number of anilines is 1. The summed E-state index contributed by atoms with van der Waals surface area (Å²) in [6.45, 7) is 18.5. The maximum Gasteiger partial charge on any atom is 0.246 e. The number of nitrogens with zero attached hydrogens (tertiary/aromatic N) is 7. The number of methoxy groups -OCH3 is 1. The number of carbonyl (C=O) groups is 1. The van der Waals surface area contributed by atoms with E-state index in [0.29, 0.717) is 155 Å². The van der Waals surface area contributed by atoms with Gasteiger partial charge in [0.2, 0.25) is 20.9 Å². The molecule has 1 amide bonds. The lowest BCUT2D eigenvalue weighted by atomic mass is 9.95. The van der Waals surface area contributed by atoms with Gasteiger partial charge in [-0.15, -0.1) is 11.3 Å². The molecular weight excluding hydrogens is 1040 g/mol. The quantitative estimate of drug-likeness (QED) is 0.0347. The van der Waals surface area contributed by atoms with Crippen molar-refractivity contribution in [2.45, 2.75) is 88.8 Å². The first-order valence-corrected chi connectivity index (χ1v) is 30.7. The number of nitrogen functional groups attached to an aromatic ring is 1. The number of imidazole rings is 1. The number of rotatable bonds is 40. The summed E-state index contributed by atoms with van der Waals surface area (Å²) in [6.07, 6.45) is 13.1. The number of fused-ring (bicyclic) bond motifs is 3. The van der Waals surface area contributed by atoms with Crippen LogP contribution in [0.2, 0.25) is 0 Å². The zero-order chi connectivity index (χ0) is 55.1. The number of amides is 1. The summed E-state index contributed by atoms with van der Waals surface area (Å²) in [6, 6.07) is 2.31. The van der Waals surface area contributed by atoms with Crippen LogP contribution in [0.3, 0.4) is 0 Å². The molecule has 0 saturated carbocycles. The maximum atomic E-state index is 12.0. The number of unbranched alkanes of at least 4 members (excludes halogenated alkanes) is 2. The van der Waals surface area contributed by atoms with Gasteiger partial charge in [-0.1, -0.05) is 25.2 Å². The molecule has 0 aromatic carbocycles. The molecule has 0 aliphatic carbocycles. The van der Waals surface area contributed by atoms with Gasteiger partial charge in [-0.3, -0.25) is 4.79 Å². The van der Waals surface area contributed by atoms with Crippen molar-refractivity contribution in [1.82, 2.24) is 39.6 Å². The Bertz CT molecular complexity index is 2490. The topological polar surface area (TPSA) is 235 Å². The van der Waals surface area contributed by atoms with E-state index in [1.54, 1.807) is 7.11 Å². The van der Waals surface area contributed by atoms with Gasteiger partial charge in [0.05, 0.1) is 134 Å². The molecule has 0 radical (unpaired) electrons. The average Bonchev–Trinajstić information content (AvgIpc) is 4.10. The first-order chi connectivity index (χ1) is 38.1. The molecule has 0 atom stereocenters. The smallest absolute Gasteiger partial charge is 0.246 e. The number of ether oxygens (including phenoxy) is 9. The molecule has 2 fully saturated rings. The molecule has 4 aromatic heterocycles. The van der Waals surface area contributed by atoms with E-state index in [-0.39, 0.29) is 11.1 Å². The molecule has 6 rings (SSSR count). The molecule has 2 aliphatic heterocycles. The van der Waals surface area contributed by atoms with Crippen molar-refractivity contribution in [1.29, 1.82) is 0 Å². The van der Waals surface area contributed by atoms with Crippen molar-refractivity contribution in [2.24, 2.45) is 5.92 Å². The lowest BCUT2D eigenvalue weighted by Crippen LogP contribution is -2.37. The van der Waals surface area contributed by atoms with Gasteiger partial charge < -0.3 is 68.0 Å². The number of sulfone groups is 1. The number of aromatic nitrogens is 5. The number of likely N-dealkylation sites (tertiary alicyclic amines) is 2. The average molecular weight is 1130 g/mol. The van der Waals surface area contributed by atoms with E-state index in [2.05, 4.69) is 54.5 Å². The second-order valence-electron chi connectivity index (χ2n) is 19.6. The van der Waals surface area contributed by atoms with E-state index in [1.165, 1.54) is 40.3 Å². The van der Waals surface area contributed by atoms with Crippen LogP contribution in [0.15, 0.2) is 23.6 Å². The summed E-state index contributed by atoms with van der Waals surface area (Å²) < 4.78 is 76.9. The summed E-state index contributed by atoms with van der Waals surface area (Å²) in [4.78, 5) is 36.1. The molecule has 2 saturated heterocycles. The predicted molar refractivity (Wildman–Crippen MR) is 301 cm³/mol. The predicted octanol–water partition coefficient (Wildman–Crippen LogP) is 4.77. The lowest BCUT2D eigenvalue weighted by molar-refractivity contribution is -0.121. The van der Waals surface area contributed by atoms with E-state index < -0.39 is 9.84 Å². The standard InChI is InChI=1S/C55H87N9O12S2/c1-4-5-10-49-61-51-52(64(49)43-44-12-17-62(18-13-44)21-24-68-2)53-47(60-54(51)56)40-48(77-53)46-14-19-63(20-15-46)22-25-70-27-29-72-31-33-74-35-37-76-39-38-75-36-34-73-32-30-71-28-26-69-23-16-57-50(65)11-8-6-7-9-45-41-58-55(59-42-45)78(3,66)67/h40-42,44,46H,4-6,8,10-39,43H2,1-3H3,(H2,56,60)(H,57,65). The van der Waals surface area contributed by atoms with Crippen LogP contribution in [0.4, 0.5) is 5.82 Å². The van der Waals surface area contributed by atoms with Gasteiger partial charge in [0, 0.05) is 76.1 Å². The Morgan fingerprint density at radius 3 is 1.83 bits per heavy atom. The number of hydrogen-bond acceptors (Lipinski definition) is 20. The molecule has 2 aliphatic rings. The Hall–Kier alpha value is -4.00. The minimum atomic E-state index is -3.45. The van der Waals surface area contributed by atoms with Crippen molar-refractivity contribution >= 4 is 54.1 Å². The SMILES string of the molecule is CCCCc1nc2c(N)nc3cc(C4CCN(CCOCCOCCOCCOCCOCCOCCOCCOCCNC(=O)CCCC#Cc5cnc(S(C)(=O)=O)nc5)CC4)sc3c2n1CC1CCN(CCOC)CC1. The molecule has 6 heterocycles. The Morgan fingerprint density at radius 1 is 0.744 bits per heavy atom. The molecule has 4 aromatic rings. The van der Waals surface area contributed by atoms with Crippen molar-refractivity contribution < 1.29 is 55.8 Å². The molecule has 78 heavy (non-hydrogen) atoms. The highest BCUT2D eigenvalue weighted by Crippen LogP contribution is 2.41.